The van der Waals surface area contributed by atoms with Gasteiger partial charge >= 0.3 is 0 Å². The van der Waals surface area contributed by atoms with E-state index in [0.29, 0.717) is 6.54 Å². The van der Waals surface area contributed by atoms with Crippen LogP contribution in [0.15, 0.2) is 5.16 Å². The molecule has 2 aliphatic heterocycles. The number of amidine groups is 1. The van der Waals surface area contributed by atoms with Gasteiger partial charge in [-0.25, -0.2) is 0 Å². The van der Waals surface area contributed by atoms with E-state index >= 15 is 0 Å². The molecule has 0 amide bonds. The molecule has 2 fully saturated rings. The summed E-state index contributed by atoms with van der Waals surface area (Å²) in [6.45, 7) is 3.33. The van der Waals surface area contributed by atoms with Crippen molar-refractivity contribution in [1.29, 1.82) is 0 Å². The molecule has 3 N–H and O–H groups in total. The molecule has 5 nitrogen and oxygen atoms in total. The van der Waals surface area contributed by atoms with Gasteiger partial charge in [0.25, 0.3) is 0 Å². The fourth-order valence-corrected chi connectivity index (χ4v) is 2.56. The number of rotatable bonds is 2. The van der Waals surface area contributed by atoms with Crippen LogP contribution in [-0.2, 0) is 4.74 Å². The van der Waals surface area contributed by atoms with Crippen molar-refractivity contribution >= 4 is 5.84 Å². The van der Waals surface area contributed by atoms with Crippen molar-refractivity contribution in [2.75, 3.05) is 26.2 Å². The minimum Gasteiger partial charge on any atom is -0.409 e. The van der Waals surface area contributed by atoms with E-state index in [1.165, 1.54) is 12.8 Å². The number of hydrogen-bond donors (Lipinski definition) is 2. The van der Waals surface area contributed by atoms with Gasteiger partial charge in [-0.05, 0) is 25.7 Å². The van der Waals surface area contributed by atoms with Gasteiger partial charge in [0.2, 0.25) is 0 Å². The standard InChI is InChI=1S/C10H19N3O2/c11-9(12-14)7-13-5-4-10(8-13)3-1-2-6-15-10/h14H,1-8H2,(H2,11,12)/t10-/m0/s1. The number of likely N-dealkylation sites (tertiary alicyclic amines) is 1. The Balaban J connectivity index is 1.88. The molecule has 0 aromatic heterocycles. The highest BCUT2D eigenvalue weighted by atomic mass is 16.5. The Morgan fingerprint density at radius 3 is 3.00 bits per heavy atom. The van der Waals surface area contributed by atoms with Crippen LogP contribution in [0.1, 0.15) is 25.7 Å². The Morgan fingerprint density at radius 2 is 2.33 bits per heavy atom. The first kappa shape index (κ1) is 10.7. The first-order chi connectivity index (χ1) is 7.24. The first-order valence-electron chi connectivity index (χ1n) is 5.57. The molecule has 15 heavy (non-hydrogen) atoms. The molecule has 1 atom stereocenters. The van der Waals surface area contributed by atoms with E-state index in [-0.39, 0.29) is 11.4 Å². The number of nitrogens with two attached hydrogens (primary N) is 1. The summed E-state index contributed by atoms with van der Waals surface area (Å²) in [5, 5.41) is 11.5. The van der Waals surface area contributed by atoms with Gasteiger partial charge in [0.1, 0.15) is 0 Å². The zero-order valence-electron chi connectivity index (χ0n) is 8.98. The van der Waals surface area contributed by atoms with Gasteiger partial charge in [0, 0.05) is 19.7 Å². The summed E-state index contributed by atoms with van der Waals surface area (Å²) in [6.07, 6.45) is 4.67. The molecular formula is C10H19N3O2. The van der Waals surface area contributed by atoms with Gasteiger partial charge in [-0.15, -0.1) is 0 Å². The maximum absolute atomic E-state index is 8.50. The second-order valence-corrected chi connectivity index (χ2v) is 4.54. The fourth-order valence-electron chi connectivity index (χ4n) is 2.56. The summed E-state index contributed by atoms with van der Waals surface area (Å²) in [4.78, 5) is 2.19. The van der Waals surface area contributed by atoms with E-state index in [9.17, 15) is 0 Å². The van der Waals surface area contributed by atoms with Crippen LogP contribution < -0.4 is 5.73 Å². The highest BCUT2D eigenvalue weighted by molar-refractivity contribution is 5.81. The second kappa shape index (κ2) is 4.37. The number of ether oxygens (including phenoxy) is 1. The maximum Gasteiger partial charge on any atom is 0.153 e. The molecular weight excluding hydrogens is 194 g/mol. The summed E-state index contributed by atoms with van der Waals surface area (Å²) in [5.74, 6) is 0.280. The normalized spacial score (nSPS) is 33.7. The van der Waals surface area contributed by atoms with Crippen molar-refractivity contribution in [3.05, 3.63) is 0 Å². The third-order valence-electron chi connectivity index (χ3n) is 3.34. The predicted octanol–water partition coefficient (Wildman–Crippen LogP) is 0.378. The van der Waals surface area contributed by atoms with Crippen LogP contribution in [0.2, 0.25) is 0 Å². The Bertz CT molecular complexity index is 249. The average molecular weight is 213 g/mol. The van der Waals surface area contributed by atoms with Crippen LogP contribution in [0.3, 0.4) is 0 Å². The average Bonchev–Trinajstić information content (AvgIpc) is 2.62. The van der Waals surface area contributed by atoms with Crippen LogP contribution in [0.4, 0.5) is 0 Å². The summed E-state index contributed by atoms with van der Waals surface area (Å²) in [5.41, 5.74) is 5.55. The maximum atomic E-state index is 8.50. The monoisotopic (exact) mass is 213 g/mol. The fraction of sp³-hybridized carbons (Fsp3) is 0.900. The number of oxime groups is 1. The minimum atomic E-state index is 0.0635. The molecule has 2 saturated heterocycles. The first-order valence-corrected chi connectivity index (χ1v) is 5.57. The summed E-state index contributed by atoms with van der Waals surface area (Å²) < 4.78 is 5.89. The Hall–Kier alpha value is -0.810. The molecule has 0 aromatic carbocycles. The molecule has 2 aliphatic rings. The van der Waals surface area contributed by atoms with Crippen molar-refractivity contribution in [3.63, 3.8) is 0 Å². The highest BCUT2D eigenvalue weighted by Crippen LogP contribution is 2.33. The van der Waals surface area contributed by atoms with Gasteiger partial charge in [-0.2, -0.15) is 0 Å². The summed E-state index contributed by atoms with van der Waals surface area (Å²) >= 11 is 0. The third kappa shape index (κ3) is 2.41. The largest absolute Gasteiger partial charge is 0.409 e. The molecule has 0 aromatic rings. The smallest absolute Gasteiger partial charge is 0.153 e. The zero-order chi connectivity index (χ0) is 10.7. The highest BCUT2D eigenvalue weighted by Gasteiger charge is 2.40. The minimum absolute atomic E-state index is 0.0635. The Labute approximate surface area is 89.9 Å². The number of hydrogen-bond acceptors (Lipinski definition) is 4. The lowest BCUT2D eigenvalue weighted by molar-refractivity contribution is -0.0689. The third-order valence-corrected chi connectivity index (χ3v) is 3.34. The van der Waals surface area contributed by atoms with Crippen molar-refractivity contribution in [2.24, 2.45) is 10.9 Å². The molecule has 0 saturated carbocycles. The van der Waals surface area contributed by atoms with Gasteiger partial charge in [0.05, 0.1) is 12.1 Å². The Morgan fingerprint density at radius 1 is 1.47 bits per heavy atom. The van der Waals surface area contributed by atoms with Gasteiger partial charge in [-0.1, -0.05) is 5.16 Å². The lowest BCUT2D eigenvalue weighted by Gasteiger charge is -2.33. The molecule has 86 valence electrons. The van der Waals surface area contributed by atoms with Crippen molar-refractivity contribution in [3.8, 4) is 0 Å². The van der Waals surface area contributed by atoms with Crippen LogP contribution in [0.25, 0.3) is 0 Å². The van der Waals surface area contributed by atoms with E-state index in [0.717, 1.165) is 32.5 Å². The molecule has 1 spiro atoms. The summed E-state index contributed by atoms with van der Waals surface area (Å²) in [6, 6.07) is 0. The lowest BCUT2D eigenvalue weighted by Crippen LogP contribution is -2.41. The van der Waals surface area contributed by atoms with Gasteiger partial charge in [0.15, 0.2) is 5.84 Å². The Kier molecular flexibility index (Phi) is 3.11. The zero-order valence-corrected chi connectivity index (χ0v) is 8.98. The molecule has 5 heteroatoms. The van der Waals surface area contributed by atoms with Crippen molar-refractivity contribution in [1.82, 2.24) is 4.90 Å². The molecule has 0 unspecified atom stereocenters. The lowest BCUT2D eigenvalue weighted by atomic mass is 9.93. The topological polar surface area (TPSA) is 71.1 Å². The molecule has 2 heterocycles. The quantitative estimate of drug-likeness (QED) is 0.301. The van der Waals surface area contributed by atoms with E-state index in [1.54, 1.807) is 0 Å². The SMILES string of the molecule is NC(CN1CC[C@@]2(CCCCO2)C1)=NO. The number of nitrogens with zero attached hydrogens (tertiary/aromatic N) is 2. The van der Waals surface area contributed by atoms with Gasteiger partial charge < -0.3 is 15.7 Å². The summed E-state index contributed by atoms with van der Waals surface area (Å²) in [7, 11) is 0. The van der Waals surface area contributed by atoms with E-state index in [4.69, 9.17) is 15.7 Å². The van der Waals surface area contributed by atoms with Crippen LogP contribution in [-0.4, -0.2) is 47.8 Å². The predicted molar refractivity (Wildman–Crippen MR) is 57.0 cm³/mol. The molecule has 2 rings (SSSR count). The van der Waals surface area contributed by atoms with Gasteiger partial charge in [-0.3, -0.25) is 4.90 Å². The van der Waals surface area contributed by atoms with E-state index in [1.807, 2.05) is 0 Å². The molecule has 0 bridgehead atoms. The van der Waals surface area contributed by atoms with Crippen molar-refractivity contribution < 1.29 is 9.94 Å². The van der Waals surface area contributed by atoms with E-state index < -0.39 is 0 Å². The second-order valence-electron chi connectivity index (χ2n) is 4.54. The van der Waals surface area contributed by atoms with E-state index in [2.05, 4.69) is 10.1 Å². The molecule has 0 aliphatic carbocycles. The van der Waals surface area contributed by atoms with Crippen LogP contribution >= 0.6 is 0 Å². The van der Waals surface area contributed by atoms with Crippen LogP contribution in [0, 0.1) is 0 Å². The van der Waals surface area contributed by atoms with Crippen molar-refractivity contribution in [2.45, 2.75) is 31.3 Å². The molecule has 0 radical (unpaired) electrons. The van der Waals surface area contributed by atoms with Crippen LogP contribution in [0.5, 0.6) is 0 Å².